The summed E-state index contributed by atoms with van der Waals surface area (Å²) < 4.78 is 104. The average molecular weight is 1590 g/mol. The van der Waals surface area contributed by atoms with Crippen LogP contribution in [0.2, 0.25) is 0 Å². The highest BCUT2D eigenvalue weighted by Gasteiger charge is 2.60. The summed E-state index contributed by atoms with van der Waals surface area (Å²) in [5, 5.41) is 226. The van der Waals surface area contributed by atoms with E-state index in [9.17, 15) is 107 Å². The van der Waals surface area contributed by atoms with Crippen molar-refractivity contribution in [2.45, 2.75) is 283 Å². The number of carboxylic acids is 1. The van der Waals surface area contributed by atoms with Crippen molar-refractivity contribution < 1.29 is 202 Å². The van der Waals surface area contributed by atoms with Crippen molar-refractivity contribution in [1.29, 1.82) is 0 Å². The maximum Gasteiger partial charge on any atom is 0.407 e. The van der Waals surface area contributed by atoms with Gasteiger partial charge in [0.1, 0.15) is 171 Å². The van der Waals surface area contributed by atoms with Crippen LogP contribution in [0.4, 0.5) is 4.79 Å². The molecule has 0 aromatic carbocycles. The Morgan fingerprint density at radius 3 is 0.704 bits per heavy atom. The van der Waals surface area contributed by atoms with Gasteiger partial charge in [0.2, 0.25) is 0 Å². The first kappa shape index (κ1) is 90.5. The fraction of sp³-hybridized carbons (Fsp3) is 0.966. The molecule has 0 aromatic heterocycles. The normalized spacial score (nSPS) is 50.3. The number of rotatable bonds is 26. The van der Waals surface area contributed by atoms with E-state index in [0.717, 1.165) is 14.0 Å². The number of amides is 1. The van der Waals surface area contributed by atoms with E-state index in [4.69, 9.17) is 141 Å². The van der Waals surface area contributed by atoms with E-state index in [1.807, 2.05) is 0 Å². The Morgan fingerprint density at radius 2 is 0.472 bits per heavy atom. The molecule has 0 aromatic rings. The molecular weight excluding hydrogens is 1480 g/mol. The first-order valence-electron chi connectivity index (χ1n) is 34.3. The summed E-state index contributed by atoms with van der Waals surface area (Å²) in [6.07, 6.45) is -62.6. The molecule has 38 N–H and O–H groups in total. The summed E-state index contributed by atoms with van der Waals surface area (Å²) in [6.45, 7) is -7.16. The van der Waals surface area contributed by atoms with Gasteiger partial charge in [0.05, 0.1) is 115 Å². The van der Waals surface area contributed by atoms with Crippen LogP contribution in [-0.4, -0.2) is 462 Å². The third-order valence-electron chi connectivity index (χ3n) is 19.9. The fourth-order valence-corrected chi connectivity index (χ4v) is 13.7. The molecule has 0 spiro atoms. The van der Waals surface area contributed by atoms with Gasteiger partial charge in [-0.05, 0) is 0 Å². The van der Waals surface area contributed by atoms with Gasteiger partial charge in [-0.1, -0.05) is 0 Å². The lowest BCUT2D eigenvalue weighted by Gasteiger charge is -2.51. The number of methoxy groups -OCH3 is 1. The summed E-state index contributed by atoms with van der Waals surface area (Å²) in [5.41, 5.74) is 50.2. The number of carboxylic acid groups (broad SMARTS) is 1. The zero-order valence-corrected chi connectivity index (χ0v) is 58.0. The van der Waals surface area contributed by atoms with Gasteiger partial charge in [-0.2, -0.15) is 0 Å². The number of nitrogens with two attached hydrogens (primary N) is 8. The quantitative estimate of drug-likeness (QED) is 0.0382. The van der Waals surface area contributed by atoms with Crippen molar-refractivity contribution in [2.24, 2.45) is 45.9 Å². The van der Waals surface area contributed by atoms with Crippen LogP contribution in [0.5, 0.6) is 0 Å². The minimum Gasteiger partial charge on any atom is -0.481 e. The molecule has 630 valence electrons. The number of ether oxygens (including phenoxy) is 18. The van der Waals surface area contributed by atoms with Crippen LogP contribution in [0.15, 0.2) is 0 Å². The lowest BCUT2D eigenvalue weighted by molar-refractivity contribution is -0.372. The van der Waals surface area contributed by atoms with Gasteiger partial charge in [-0.15, -0.1) is 0 Å². The number of alkyl carbamates (subject to hydrolysis) is 1. The van der Waals surface area contributed by atoms with Crippen LogP contribution < -0.4 is 51.2 Å². The molecule has 1 amide bonds. The molecule has 9 rings (SSSR count). The van der Waals surface area contributed by atoms with E-state index in [1.54, 1.807) is 0 Å². The number of carbonyl (C=O) groups is 2. The van der Waals surface area contributed by atoms with Crippen LogP contribution in [0.1, 0.15) is 6.92 Å². The molecule has 9 aliphatic rings. The van der Waals surface area contributed by atoms with Crippen LogP contribution in [-0.2, 0) is 90.1 Å². The minimum atomic E-state index is -2.04. The highest BCUT2D eigenvalue weighted by molar-refractivity contribution is 5.67. The second kappa shape index (κ2) is 40.0. The van der Waals surface area contributed by atoms with Crippen molar-refractivity contribution in [1.82, 2.24) is 5.32 Å². The number of nitrogens with one attached hydrogen (secondary N) is 1. The van der Waals surface area contributed by atoms with Crippen LogP contribution >= 0.6 is 0 Å². The molecule has 9 fully saturated rings. The predicted molar refractivity (Wildman–Crippen MR) is 339 cm³/mol. The molecule has 0 unspecified atom stereocenters. The Morgan fingerprint density at radius 1 is 0.287 bits per heavy atom. The summed E-state index contributed by atoms with van der Waals surface area (Å²) in [7, 11) is 0.957. The highest BCUT2D eigenvalue weighted by atomic mass is 16.8. The van der Waals surface area contributed by atoms with E-state index in [2.05, 4.69) is 5.32 Å². The van der Waals surface area contributed by atoms with E-state index in [-0.39, 0.29) is 0 Å². The number of carbonyl (C=O) groups excluding carboxylic acids is 1. The number of aliphatic hydroxyl groups excluding tert-OH is 20. The third-order valence-corrected chi connectivity index (χ3v) is 19.9. The molecule has 50 heteroatoms. The summed E-state index contributed by atoms with van der Waals surface area (Å²) in [6, 6.07) is -14.6. The van der Waals surface area contributed by atoms with Crippen molar-refractivity contribution in [3.63, 3.8) is 0 Å². The lowest BCUT2D eigenvalue weighted by Crippen LogP contribution is -2.71. The smallest absolute Gasteiger partial charge is 0.407 e. The zero-order chi connectivity index (χ0) is 79.9. The third kappa shape index (κ3) is 19.7. The summed E-state index contributed by atoms with van der Waals surface area (Å²) in [5.74, 6) is -0.833. The topological polar surface area (TPSA) is 845 Å². The molecular formula is C58H107N9O41. The molecule has 45 atom stereocenters. The van der Waals surface area contributed by atoms with Gasteiger partial charge in [-0.3, -0.25) is 4.79 Å². The lowest BCUT2D eigenvalue weighted by atomic mass is 9.93. The SMILES string of the molecule is CC(=O)O.COC(=O)N[C@H]1[C@H](O[C@H]2[C@H](O)[C@@H](N)[C@H](O[C@H]3[C@H](O)[C@@H](N)[C@H](O)O[C@@H]3CO)O[C@@H]2CO)O[C@H](CO)[C@@H](O[C@@H]2O[C@H](CO)[C@@H](O[C@@H]3O[C@H](CO)[C@@H](O[C@@H]4O[C@H](CO)[C@@H](O[C@@H]5O[C@H](CO)[C@@H](O[C@@H]6O[C@H](CO)[C@@H](O[C@@H]7O[C@H](CO)[C@@H](O)[C@H](O)[C@H]7N)[C@H](O)[C@H]6N)[C@H](O)[C@H]5N)[C@H](O)[C@H]4N)[C@H](O)[C@H]3N)[C@H](O)[C@H]2N)[C@@H]1O. The first-order valence-corrected chi connectivity index (χ1v) is 34.3. The first-order chi connectivity index (χ1) is 51.1. The minimum absolute atomic E-state index is 0.762. The zero-order valence-electron chi connectivity index (χ0n) is 58.0. The van der Waals surface area contributed by atoms with Gasteiger partial charge < -0.3 is 244 Å². The van der Waals surface area contributed by atoms with Crippen LogP contribution in [0, 0.1) is 0 Å². The van der Waals surface area contributed by atoms with Crippen LogP contribution in [0.25, 0.3) is 0 Å². The van der Waals surface area contributed by atoms with E-state index in [1.165, 1.54) is 0 Å². The van der Waals surface area contributed by atoms with E-state index >= 15 is 0 Å². The number of hydrogen-bond donors (Lipinski definition) is 30. The maximum absolute atomic E-state index is 12.8. The number of aliphatic hydroxyl groups is 20. The van der Waals surface area contributed by atoms with Gasteiger partial charge in [0.25, 0.3) is 5.97 Å². The predicted octanol–water partition coefficient (Wildman–Crippen LogP) is -20.4. The second-order valence-electron chi connectivity index (χ2n) is 27.1. The molecule has 9 saturated heterocycles. The average Bonchev–Trinajstić information content (AvgIpc) is 0.773. The molecule has 108 heavy (non-hydrogen) atoms. The van der Waals surface area contributed by atoms with Crippen molar-refractivity contribution >= 4 is 12.1 Å². The second-order valence-corrected chi connectivity index (χ2v) is 27.1. The maximum atomic E-state index is 12.8. The molecule has 0 radical (unpaired) electrons. The standard InChI is InChI=1S/C56H103N9O39.C2H4O2/c1-87-56(86)65-28-38(84)46(19(10-74)96-55(28)104-45-18(9-73)95-49(27(64)37(45)83)97-39-12(3-67)88-47(85)20(57)31(39)77)103-54-26(63)36(82)44(17(8-72)94-54)102-53-25(62)35(81)43(16(7-71)93-53)101-52-24(61)34(80)42(15(6-70)92-52)100-51-23(60)33(79)41(14(5-69)91-51)99-50-22(59)32(78)40(13(4-68)90-50)98-48-21(58)30(76)29(75)11(2-66)89-48;1-2(3)4/h11-55,66-85H,2-10,57-64H2,1H3,(H,65,86);1H3,(H,3,4)/t11-,12-,13-,14-,15-,16-,17-,18-,19-,20-,21-,22-,23-,24-,25-,26-,27-,28-,29-,30-,31-,32-,33-,34-,35-,36-,37-,38-,39-,40-,41-,42-,43-,44-,45-,46-,47-,48+,49+,50+,51+,52+,53+,54+,55+;/m1./s1. The van der Waals surface area contributed by atoms with Gasteiger partial charge >= 0.3 is 6.09 Å². The Hall–Kier alpha value is -3.06. The number of hydrogen-bond acceptors (Lipinski definition) is 48. The Labute approximate surface area is 613 Å². The van der Waals surface area contributed by atoms with Crippen molar-refractivity contribution in [2.75, 3.05) is 66.6 Å². The highest BCUT2D eigenvalue weighted by Crippen LogP contribution is 2.39. The molecule has 0 saturated carbocycles. The number of aliphatic carboxylic acids is 1. The Balaban J connectivity index is 0.00000358. The molecule has 0 aliphatic carbocycles. The Bertz CT molecular complexity index is 2720. The summed E-state index contributed by atoms with van der Waals surface area (Å²) in [4.78, 5) is 21.8. The van der Waals surface area contributed by atoms with Gasteiger partial charge in [0.15, 0.2) is 56.6 Å². The molecule has 9 heterocycles. The molecule has 50 nitrogen and oxygen atoms in total. The Kier molecular flexibility index (Phi) is 33.5. The van der Waals surface area contributed by atoms with Crippen LogP contribution in [0.3, 0.4) is 0 Å². The van der Waals surface area contributed by atoms with Gasteiger partial charge in [-0.25, -0.2) is 4.79 Å². The molecule has 9 aliphatic heterocycles. The van der Waals surface area contributed by atoms with E-state index in [0.29, 0.717) is 0 Å². The van der Waals surface area contributed by atoms with Gasteiger partial charge in [0, 0.05) is 6.92 Å². The molecule has 0 bridgehead atoms. The monoisotopic (exact) mass is 1590 g/mol. The van der Waals surface area contributed by atoms with Crippen molar-refractivity contribution in [3.8, 4) is 0 Å². The van der Waals surface area contributed by atoms with Crippen molar-refractivity contribution in [3.05, 3.63) is 0 Å². The largest absolute Gasteiger partial charge is 0.481 e. The summed E-state index contributed by atoms with van der Waals surface area (Å²) >= 11 is 0. The van der Waals surface area contributed by atoms with E-state index < -0.39 is 347 Å². The fourth-order valence-electron chi connectivity index (χ4n) is 13.7.